The molecule has 6 heteroatoms. The second-order valence-electron chi connectivity index (χ2n) is 8.00. The molecule has 0 saturated carbocycles. The zero-order chi connectivity index (χ0) is 22.0. The van der Waals surface area contributed by atoms with Gasteiger partial charge in [-0.15, -0.1) is 0 Å². The minimum Gasteiger partial charge on any atom is -0.352 e. The van der Waals surface area contributed by atoms with Crippen LogP contribution in [0.3, 0.4) is 0 Å². The quantitative estimate of drug-likeness (QED) is 0.635. The Morgan fingerprint density at radius 1 is 1.03 bits per heavy atom. The lowest BCUT2D eigenvalue weighted by Gasteiger charge is -2.24. The van der Waals surface area contributed by atoms with Crippen LogP contribution in [-0.4, -0.2) is 26.9 Å². The number of hydrogen-bond acceptors (Lipinski definition) is 3. The van der Waals surface area contributed by atoms with Crippen LogP contribution >= 0.6 is 0 Å². The van der Waals surface area contributed by atoms with Crippen LogP contribution in [0.25, 0.3) is 0 Å². The minimum absolute atomic E-state index is 0.147. The van der Waals surface area contributed by atoms with Crippen LogP contribution in [0, 0.1) is 6.92 Å². The van der Waals surface area contributed by atoms with Gasteiger partial charge in [0.2, 0.25) is 0 Å². The van der Waals surface area contributed by atoms with Crippen LogP contribution < -0.4 is 9.62 Å². The molecule has 1 N–H and O–H groups in total. The Balaban J connectivity index is 1.51. The molecule has 3 aromatic rings. The molecule has 1 atom stereocenters. The number of anilines is 1. The molecule has 0 unspecified atom stereocenters. The molecule has 0 bridgehead atoms. The Labute approximate surface area is 183 Å². The molecular formula is C25H26N2O3S. The number of fused-ring (bicyclic) bond motifs is 1. The fourth-order valence-corrected chi connectivity index (χ4v) is 5.69. The summed E-state index contributed by atoms with van der Waals surface area (Å²) in [5.41, 5.74) is 4.25. The molecule has 0 spiro atoms. The summed E-state index contributed by atoms with van der Waals surface area (Å²) in [6.07, 6.45) is 1.34. The summed E-state index contributed by atoms with van der Waals surface area (Å²) in [5, 5.41) is 2.95. The number of amides is 1. The number of sulfonamides is 1. The normalized spacial score (nSPS) is 15.5. The molecule has 0 saturated heterocycles. The smallest absolute Gasteiger partial charge is 0.264 e. The van der Waals surface area contributed by atoms with E-state index in [0.717, 1.165) is 17.5 Å². The molecular weight excluding hydrogens is 408 g/mol. The summed E-state index contributed by atoms with van der Waals surface area (Å²) in [4.78, 5) is 12.9. The Bertz CT molecular complexity index is 1190. The maximum Gasteiger partial charge on any atom is 0.264 e. The van der Waals surface area contributed by atoms with Crippen molar-refractivity contribution in [2.45, 2.75) is 37.6 Å². The Morgan fingerprint density at radius 3 is 2.45 bits per heavy atom. The first kappa shape index (κ1) is 21.1. The number of hydrogen-bond donors (Lipinski definition) is 1. The zero-order valence-electron chi connectivity index (χ0n) is 17.7. The van der Waals surface area contributed by atoms with E-state index >= 15 is 0 Å². The molecule has 1 amide bonds. The van der Waals surface area contributed by atoms with E-state index in [2.05, 4.69) is 5.32 Å². The number of nitrogens with zero attached hydrogens (tertiary/aromatic N) is 1. The SMILES string of the molecule is Cc1ccc(S(=O)(=O)N2c3ccc(C(=O)NCCc4ccccc4)cc3C[C@H]2C)cc1. The lowest BCUT2D eigenvalue weighted by molar-refractivity contribution is 0.0954. The summed E-state index contributed by atoms with van der Waals surface area (Å²) in [6.45, 7) is 4.37. The van der Waals surface area contributed by atoms with Crippen molar-refractivity contribution >= 4 is 21.6 Å². The number of carbonyl (C=O) groups is 1. The molecule has 0 radical (unpaired) electrons. The van der Waals surface area contributed by atoms with Crippen molar-refractivity contribution in [2.75, 3.05) is 10.8 Å². The maximum absolute atomic E-state index is 13.3. The largest absolute Gasteiger partial charge is 0.352 e. The Morgan fingerprint density at radius 2 is 1.74 bits per heavy atom. The third kappa shape index (κ3) is 4.35. The van der Waals surface area contributed by atoms with E-state index in [1.54, 1.807) is 36.4 Å². The molecule has 1 aliphatic rings. The molecule has 1 heterocycles. The van der Waals surface area contributed by atoms with Gasteiger partial charge < -0.3 is 5.32 Å². The lowest BCUT2D eigenvalue weighted by atomic mass is 10.1. The number of rotatable bonds is 6. The van der Waals surface area contributed by atoms with Crippen LogP contribution in [0.4, 0.5) is 5.69 Å². The van der Waals surface area contributed by atoms with Gasteiger partial charge >= 0.3 is 0 Å². The van der Waals surface area contributed by atoms with Crippen LogP contribution in [0.1, 0.15) is 34.0 Å². The highest BCUT2D eigenvalue weighted by atomic mass is 32.2. The lowest BCUT2D eigenvalue weighted by Crippen LogP contribution is -2.35. The van der Waals surface area contributed by atoms with Gasteiger partial charge in [-0.1, -0.05) is 48.0 Å². The fraction of sp³-hybridized carbons (Fsp3) is 0.240. The van der Waals surface area contributed by atoms with Crippen LogP contribution in [0.5, 0.6) is 0 Å². The fourth-order valence-electron chi connectivity index (χ4n) is 4.00. The first-order chi connectivity index (χ1) is 14.9. The summed E-state index contributed by atoms with van der Waals surface area (Å²) in [6, 6.07) is 21.9. The van der Waals surface area contributed by atoms with Crippen molar-refractivity contribution in [3.8, 4) is 0 Å². The van der Waals surface area contributed by atoms with E-state index in [9.17, 15) is 13.2 Å². The zero-order valence-corrected chi connectivity index (χ0v) is 18.5. The van der Waals surface area contributed by atoms with Crippen molar-refractivity contribution in [1.29, 1.82) is 0 Å². The molecule has 3 aromatic carbocycles. The van der Waals surface area contributed by atoms with Gasteiger partial charge in [-0.25, -0.2) is 8.42 Å². The first-order valence-electron chi connectivity index (χ1n) is 10.4. The third-order valence-electron chi connectivity index (χ3n) is 5.61. The van der Waals surface area contributed by atoms with Crippen LogP contribution in [0.15, 0.2) is 77.7 Å². The number of benzene rings is 3. The molecule has 1 aliphatic heterocycles. The van der Waals surface area contributed by atoms with E-state index in [4.69, 9.17) is 0 Å². The van der Waals surface area contributed by atoms with Gasteiger partial charge in [0.25, 0.3) is 15.9 Å². The monoisotopic (exact) mass is 434 g/mol. The van der Waals surface area contributed by atoms with Crippen LogP contribution in [-0.2, 0) is 22.9 Å². The van der Waals surface area contributed by atoms with Crippen molar-refractivity contribution in [3.05, 3.63) is 95.1 Å². The van der Waals surface area contributed by atoms with E-state index in [1.807, 2.05) is 50.2 Å². The van der Waals surface area contributed by atoms with Crippen LogP contribution in [0.2, 0.25) is 0 Å². The van der Waals surface area contributed by atoms with E-state index in [-0.39, 0.29) is 16.8 Å². The highest BCUT2D eigenvalue weighted by Crippen LogP contribution is 2.37. The highest BCUT2D eigenvalue weighted by Gasteiger charge is 2.36. The molecule has 160 valence electrons. The van der Waals surface area contributed by atoms with Gasteiger partial charge in [-0.05, 0) is 68.1 Å². The molecule has 5 nitrogen and oxygen atoms in total. The predicted octanol–water partition coefficient (Wildman–Crippen LogP) is 4.11. The van der Waals surface area contributed by atoms with Crippen molar-refractivity contribution < 1.29 is 13.2 Å². The summed E-state index contributed by atoms with van der Waals surface area (Å²) in [7, 11) is -3.66. The molecule has 0 aliphatic carbocycles. The summed E-state index contributed by atoms with van der Waals surface area (Å²) < 4.78 is 28.0. The van der Waals surface area contributed by atoms with Gasteiger partial charge in [0, 0.05) is 18.2 Å². The maximum atomic E-state index is 13.3. The standard InChI is InChI=1S/C25H26N2O3S/c1-18-8-11-23(12-9-18)31(29,30)27-19(2)16-22-17-21(10-13-24(22)27)25(28)26-15-14-20-6-4-3-5-7-20/h3-13,17,19H,14-16H2,1-2H3,(H,26,28)/t19-/m1/s1. The van der Waals surface area contributed by atoms with Crippen molar-refractivity contribution in [1.82, 2.24) is 5.32 Å². The predicted molar refractivity (Wildman–Crippen MR) is 123 cm³/mol. The van der Waals surface area contributed by atoms with Gasteiger partial charge in [-0.2, -0.15) is 0 Å². The van der Waals surface area contributed by atoms with Gasteiger partial charge in [0.15, 0.2) is 0 Å². The second-order valence-corrected chi connectivity index (χ2v) is 9.82. The summed E-state index contributed by atoms with van der Waals surface area (Å²) >= 11 is 0. The third-order valence-corrected chi connectivity index (χ3v) is 7.56. The van der Waals surface area contributed by atoms with E-state index in [1.165, 1.54) is 9.87 Å². The Kier molecular flexibility index (Phi) is 5.83. The number of nitrogens with one attached hydrogen (secondary N) is 1. The molecule has 0 aromatic heterocycles. The van der Waals surface area contributed by atoms with Gasteiger partial charge in [-0.3, -0.25) is 9.10 Å². The first-order valence-corrected chi connectivity index (χ1v) is 11.9. The average Bonchev–Trinajstić information content (AvgIpc) is 3.10. The number of aryl methyl sites for hydroxylation is 1. The van der Waals surface area contributed by atoms with Gasteiger partial charge in [0.05, 0.1) is 10.6 Å². The molecule has 4 rings (SSSR count). The van der Waals surface area contributed by atoms with E-state index < -0.39 is 10.0 Å². The topological polar surface area (TPSA) is 66.5 Å². The minimum atomic E-state index is -3.66. The molecule has 0 fully saturated rings. The average molecular weight is 435 g/mol. The van der Waals surface area contributed by atoms with Crippen molar-refractivity contribution in [3.63, 3.8) is 0 Å². The Hall–Kier alpha value is -3.12. The number of carbonyl (C=O) groups excluding carboxylic acids is 1. The van der Waals surface area contributed by atoms with Gasteiger partial charge in [0.1, 0.15) is 0 Å². The van der Waals surface area contributed by atoms with E-state index in [0.29, 0.717) is 24.2 Å². The highest BCUT2D eigenvalue weighted by molar-refractivity contribution is 7.92. The second kappa shape index (κ2) is 8.55. The molecule has 31 heavy (non-hydrogen) atoms. The van der Waals surface area contributed by atoms with Crippen molar-refractivity contribution in [2.24, 2.45) is 0 Å². The summed E-state index contributed by atoms with van der Waals surface area (Å²) in [5.74, 6) is -0.147.